The highest BCUT2D eigenvalue weighted by molar-refractivity contribution is 7.17. The molecule has 2 aromatic carbocycles. The smallest absolute Gasteiger partial charge is 0.227 e. The molecule has 4 nitrogen and oxygen atoms in total. The molecule has 1 aromatic heterocycles. The van der Waals surface area contributed by atoms with Gasteiger partial charge in [0.15, 0.2) is 5.78 Å². The predicted molar refractivity (Wildman–Crippen MR) is 116 cm³/mol. The normalized spacial score (nSPS) is 15.9. The van der Waals surface area contributed by atoms with Crippen LogP contribution in [0.1, 0.15) is 40.6 Å². The van der Waals surface area contributed by atoms with E-state index in [1.165, 1.54) is 30.4 Å². The standard InChI is InChI=1S/C24H22FNO3S/c1-14(16-6-4-3-5-7-16)24(28)26-13-19-11-17-10-18(25)12-20(23(17)29-19)22-9-8-21(30-22)15(2)27/h3-10,12,14,19H,11,13H2,1-2H3,(H,26,28)/t14-,19+/m1/s1. The summed E-state index contributed by atoms with van der Waals surface area (Å²) in [5, 5.41) is 2.95. The molecule has 6 heteroatoms. The molecule has 3 aromatic rings. The zero-order valence-electron chi connectivity index (χ0n) is 16.8. The topological polar surface area (TPSA) is 55.4 Å². The first kappa shape index (κ1) is 20.3. The number of ether oxygens (including phenoxy) is 1. The molecule has 2 heterocycles. The number of hydrogen-bond donors (Lipinski definition) is 1. The maximum absolute atomic E-state index is 14.2. The number of carbonyl (C=O) groups is 2. The highest BCUT2D eigenvalue weighted by Crippen LogP contribution is 2.42. The van der Waals surface area contributed by atoms with Crippen molar-refractivity contribution in [3.8, 4) is 16.2 Å². The summed E-state index contributed by atoms with van der Waals surface area (Å²) in [6.45, 7) is 3.72. The summed E-state index contributed by atoms with van der Waals surface area (Å²) in [7, 11) is 0. The van der Waals surface area contributed by atoms with E-state index in [-0.39, 0.29) is 29.5 Å². The van der Waals surface area contributed by atoms with Gasteiger partial charge in [-0.05, 0) is 43.7 Å². The summed E-state index contributed by atoms with van der Waals surface area (Å²) in [5.74, 6) is -0.0693. The lowest BCUT2D eigenvalue weighted by atomic mass is 10.0. The largest absolute Gasteiger partial charge is 0.487 e. The third kappa shape index (κ3) is 4.14. The molecule has 0 saturated carbocycles. The van der Waals surface area contributed by atoms with Gasteiger partial charge in [0.2, 0.25) is 5.91 Å². The van der Waals surface area contributed by atoms with Gasteiger partial charge in [-0.15, -0.1) is 11.3 Å². The number of thiophene rings is 1. The molecule has 0 bridgehead atoms. The minimum Gasteiger partial charge on any atom is -0.487 e. The zero-order chi connectivity index (χ0) is 21.3. The Morgan fingerprint density at radius 3 is 2.67 bits per heavy atom. The Morgan fingerprint density at radius 1 is 1.20 bits per heavy atom. The lowest BCUT2D eigenvalue weighted by molar-refractivity contribution is -0.122. The highest BCUT2D eigenvalue weighted by atomic mass is 32.1. The minimum absolute atomic E-state index is 0.0201. The van der Waals surface area contributed by atoms with Crippen molar-refractivity contribution in [2.45, 2.75) is 32.3 Å². The van der Waals surface area contributed by atoms with Gasteiger partial charge in [0.1, 0.15) is 17.7 Å². The molecule has 1 aliphatic rings. The summed E-state index contributed by atoms with van der Waals surface area (Å²) >= 11 is 1.32. The van der Waals surface area contributed by atoms with Crippen molar-refractivity contribution in [2.24, 2.45) is 0 Å². The van der Waals surface area contributed by atoms with Crippen LogP contribution < -0.4 is 10.1 Å². The van der Waals surface area contributed by atoms with Crippen molar-refractivity contribution in [1.29, 1.82) is 0 Å². The Hall–Kier alpha value is -2.99. The van der Waals surface area contributed by atoms with Crippen LogP contribution in [0, 0.1) is 5.82 Å². The molecule has 0 unspecified atom stereocenters. The number of amides is 1. The summed E-state index contributed by atoms with van der Waals surface area (Å²) in [5.41, 5.74) is 2.38. The van der Waals surface area contributed by atoms with Crippen LogP contribution >= 0.6 is 11.3 Å². The quantitative estimate of drug-likeness (QED) is 0.569. The second-order valence-electron chi connectivity index (χ2n) is 7.48. The number of fused-ring (bicyclic) bond motifs is 1. The van der Waals surface area contributed by atoms with E-state index in [4.69, 9.17) is 4.74 Å². The number of benzene rings is 2. The third-order valence-corrected chi connectivity index (χ3v) is 6.50. The fraction of sp³-hybridized carbons (Fsp3) is 0.250. The van der Waals surface area contributed by atoms with E-state index in [0.717, 1.165) is 16.0 Å². The average Bonchev–Trinajstić information content (AvgIpc) is 3.38. The van der Waals surface area contributed by atoms with E-state index in [9.17, 15) is 14.0 Å². The van der Waals surface area contributed by atoms with Crippen LogP contribution in [0.3, 0.4) is 0 Å². The van der Waals surface area contributed by atoms with Crippen LogP contribution in [-0.4, -0.2) is 24.3 Å². The van der Waals surface area contributed by atoms with Gasteiger partial charge in [-0.3, -0.25) is 9.59 Å². The number of nitrogens with one attached hydrogen (secondary N) is 1. The minimum atomic E-state index is -0.340. The number of carbonyl (C=O) groups excluding carboxylic acids is 2. The first-order chi connectivity index (χ1) is 14.4. The van der Waals surface area contributed by atoms with Gasteiger partial charge >= 0.3 is 0 Å². The van der Waals surface area contributed by atoms with Crippen LogP contribution in [0.15, 0.2) is 54.6 Å². The van der Waals surface area contributed by atoms with E-state index in [2.05, 4.69) is 5.32 Å². The number of Topliss-reactive ketones (excluding diaryl/α,β-unsaturated/α-hetero) is 1. The van der Waals surface area contributed by atoms with Gasteiger partial charge in [0.05, 0.1) is 17.3 Å². The molecule has 1 amide bonds. The predicted octanol–water partition coefficient (Wildman–Crippen LogP) is 4.98. The van der Waals surface area contributed by atoms with E-state index in [1.807, 2.05) is 43.3 Å². The Labute approximate surface area is 178 Å². The Kier molecular flexibility index (Phi) is 5.68. The molecule has 0 radical (unpaired) electrons. The summed E-state index contributed by atoms with van der Waals surface area (Å²) in [6, 6.07) is 16.1. The van der Waals surface area contributed by atoms with E-state index < -0.39 is 0 Å². The molecule has 0 saturated heterocycles. The van der Waals surface area contributed by atoms with Crippen LogP contribution in [0.25, 0.3) is 10.4 Å². The van der Waals surface area contributed by atoms with Gasteiger partial charge in [0.25, 0.3) is 0 Å². The third-order valence-electron chi connectivity index (χ3n) is 5.28. The molecule has 1 aliphatic heterocycles. The average molecular weight is 424 g/mol. The monoisotopic (exact) mass is 423 g/mol. The summed E-state index contributed by atoms with van der Waals surface area (Å²) < 4.78 is 20.3. The van der Waals surface area contributed by atoms with Crippen LogP contribution in [0.2, 0.25) is 0 Å². The first-order valence-corrected chi connectivity index (χ1v) is 10.7. The molecule has 154 valence electrons. The molecular weight excluding hydrogens is 401 g/mol. The molecule has 4 rings (SSSR count). The zero-order valence-corrected chi connectivity index (χ0v) is 17.6. The number of rotatable bonds is 6. The van der Waals surface area contributed by atoms with E-state index in [1.54, 1.807) is 6.07 Å². The van der Waals surface area contributed by atoms with Crippen molar-refractivity contribution in [2.75, 3.05) is 6.54 Å². The maximum atomic E-state index is 14.2. The molecule has 30 heavy (non-hydrogen) atoms. The van der Waals surface area contributed by atoms with Crippen molar-refractivity contribution in [3.05, 3.63) is 76.4 Å². The second kappa shape index (κ2) is 8.40. The van der Waals surface area contributed by atoms with Gasteiger partial charge < -0.3 is 10.1 Å². The fourth-order valence-electron chi connectivity index (χ4n) is 3.62. The fourth-order valence-corrected chi connectivity index (χ4v) is 4.54. The van der Waals surface area contributed by atoms with Gasteiger partial charge in [-0.1, -0.05) is 30.3 Å². The SMILES string of the molecule is CC(=O)c1ccc(-c2cc(F)cc3c2O[C@H](CNC(=O)[C@H](C)c2ccccc2)C3)s1. The number of ketones is 1. The summed E-state index contributed by atoms with van der Waals surface area (Å²) in [4.78, 5) is 25.6. The molecule has 0 spiro atoms. The van der Waals surface area contributed by atoms with Crippen molar-refractivity contribution in [3.63, 3.8) is 0 Å². The molecule has 2 atom stereocenters. The summed E-state index contributed by atoms with van der Waals surface area (Å²) in [6.07, 6.45) is 0.255. The lowest BCUT2D eigenvalue weighted by Crippen LogP contribution is -2.36. The second-order valence-corrected chi connectivity index (χ2v) is 8.57. The van der Waals surface area contributed by atoms with E-state index in [0.29, 0.717) is 29.2 Å². The molecule has 1 N–H and O–H groups in total. The Morgan fingerprint density at radius 2 is 1.97 bits per heavy atom. The van der Waals surface area contributed by atoms with Crippen molar-refractivity contribution >= 4 is 23.0 Å². The Balaban J connectivity index is 1.46. The van der Waals surface area contributed by atoms with Gasteiger partial charge in [-0.2, -0.15) is 0 Å². The first-order valence-electron chi connectivity index (χ1n) is 9.85. The molecule has 0 fully saturated rings. The van der Waals surface area contributed by atoms with Crippen LogP contribution in [0.4, 0.5) is 4.39 Å². The van der Waals surface area contributed by atoms with Crippen molar-refractivity contribution < 1.29 is 18.7 Å². The van der Waals surface area contributed by atoms with Gasteiger partial charge in [-0.25, -0.2) is 4.39 Å². The van der Waals surface area contributed by atoms with Gasteiger partial charge in [0, 0.05) is 22.4 Å². The highest BCUT2D eigenvalue weighted by Gasteiger charge is 2.28. The van der Waals surface area contributed by atoms with Crippen molar-refractivity contribution in [1.82, 2.24) is 5.32 Å². The molecular formula is C24H22FNO3S. The number of halogens is 1. The lowest BCUT2D eigenvalue weighted by Gasteiger charge is -2.16. The van der Waals surface area contributed by atoms with Crippen LogP contribution in [-0.2, 0) is 11.2 Å². The maximum Gasteiger partial charge on any atom is 0.227 e. The molecule has 0 aliphatic carbocycles. The van der Waals surface area contributed by atoms with E-state index >= 15 is 0 Å². The Bertz CT molecular complexity index is 1090. The van der Waals surface area contributed by atoms with Crippen LogP contribution in [0.5, 0.6) is 5.75 Å². The number of hydrogen-bond acceptors (Lipinski definition) is 4.